The van der Waals surface area contributed by atoms with Crippen LogP contribution in [0.15, 0.2) is 6.20 Å². The molecule has 1 atom stereocenters. The maximum atomic E-state index is 5.79. The van der Waals surface area contributed by atoms with E-state index in [0.717, 1.165) is 5.82 Å². The summed E-state index contributed by atoms with van der Waals surface area (Å²) in [6.07, 6.45) is 1.80. The second-order valence-electron chi connectivity index (χ2n) is 4.84. The summed E-state index contributed by atoms with van der Waals surface area (Å²) < 4.78 is 1.72. The summed E-state index contributed by atoms with van der Waals surface area (Å²) in [6, 6.07) is 0.333. The number of hydrogen-bond acceptors (Lipinski definition) is 3. The number of aryl methyl sites for hydroxylation is 1. The summed E-state index contributed by atoms with van der Waals surface area (Å²) in [7, 11) is 1.86. The first-order valence-electron chi connectivity index (χ1n) is 4.86. The third-order valence-corrected chi connectivity index (χ3v) is 2.51. The molecule has 1 aromatic heterocycles. The average molecular weight is 196 g/mol. The summed E-state index contributed by atoms with van der Waals surface area (Å²) in [5, 5.41) is 7.56. The van der Waals surface area contributed by atoms with E-state index in [0.29, 0.717) is 11.7 Å². The summed E-state index contributed by atoms with van der Waals surface area (Å²) >= 11 is 0. The molecule has 0 aromatic carbocycles. The summed E-state index contributed by atoms with van der Waals surface area (Å²) in [5.41, 5.74) is 6.68. The first-order valence-corrected chi connectivity index (χ1v) is 4.86. The molecule has 0 saturated heterocycles. The van der Waals surface area contributed by atoms with E-state index in [1.165, 1.54) is 0 Å². The van der Waals surface area contributed by atoms with Crippen LogP contribution in [0.1, 0.15) is 27.7 Å². The van der Waals surface area contributed by atoms with Gasteiger partial charge in [-0.25, -0.2) is 0 Å². The van der Waals surface area contributed by atoms with E-state index in [1.807, 2.05) is 7.05 Å². The van der Waals surface area contributed by atoms with E-state index < -0.39 is 0 Å². The van der Waals surface area contributed by atoms with E-state index in [4.69, 9.17) is 5.73 Å². The largest absolute Gasteiger partial charge is 0.394 e. The third-order valence-electron chi connectivity index (χ3n) is 2.51. The maximum absolute atomic E-state index is 5.79. The zero-order valence-corrected chi connectivity index (χ0v) is 9.63. The van der Waals surface area contributed by atoms with Crippen LogP contribution in [0.25, 0.3) is 0 Å². The van der Waals surface area contributed by atoms with E-state index >= 15 is 0 Å². The monoisotopic (exact) mass is 196 g/mol. The number of nitrogens with zero attached hydrogens (tertiary/aromatic N) is 2. The van der Waals surface area contributed by atoms with Crippen LogP contribution in [0.5, 0.6) is 0 Å². The minimum Gasteiger partial charge on any atom is -0.394 e. The van der Waals surface area contributed by atoms with Crippen molar-refractivity contribution in [3.63, 3.8) is 0 Å². The van der Waals surface area contributed by atoms with Gasteiger partial charge in [-0.3, -0.25) is 4.68 Å². The quantitative estimate of drug-likeness (QED) is 0.759. The molecule has 4 nitrogen and oxygen atoms in total. The topological polar surface area (TPSA) is 55.9 Å². The highest BCUT2D eigenvalue weighted by molar-refractivity contribution is 5.60. The van der Waals surface area contributed by atoms with Gasteiger partial charge in [-0.05, 0) is 12.3 Å². The molecule has 0 aliphatic rings. The van der Waals surface area contributed by atoms with Gasteiger partial charge in [0.2, 0.25) is 0 Å². The Morgan fingerprint density at radius 2 is 2.07 bits per heavy atom. The lowest BCUT2D eigenvalue weighted by atomic mass is 9.88. The van der Waals surface area contributed by atoms with Gasteiger partial charge in [0.15, 0.2) is 5.82 Å². The van der Waals surface area contributed by atoms with Gasteiger partial charge < -0.3 is 11.1 Å². The molecule has 1 aromatic rings. The van der Waals surface area contributed by atoms with Gasteiger partial charge in [-0.1, -0.05) is 20.8 Å². The highest BCUT2D eigenvalue weighted by Gasteiger charge is 2.21. The number of anilines is 2. The molecule has 0 amide bonds. The van der Waals surface area contributed by atoms with Crippen LogP contribution in [0.2, 0.25) is 0 Å². The number of nitrogens with one attached hydrogen (secondary N) is 1. The van der Waals surface area contributed by atoms with Gasteiger partial charge in [-0.2, -0.15) is 5.10 Å². The first-order chi connectivity index (χ1) is 6.30. The van der Waals surface area contributed by atoms with Crippen molar-refractivity contribution in [1.82, 2.24) is 9.78 Å². The Kier molecular flexibility index (Phi) is 2.73. The lowest BCUT2D eigenvalue weighted by Gasteiger charge is -2.28. The number of nitrogen functional groups attached to an aromatic ring is 1. The molecule has 14 heavy (non-hydrogen) atoms. The molecule has 0 saturated carbocycles. The molecule has 0 aliphatic carbocycles. The fourth-order valence-corrected chi connectivity index (χ4v) is 1.04. The Morgan fingerprint density at radius 1 is 1.50 bits per heavy atom. The molecule has 1 unspecified atom stereocenters. The molecule has 80 valence electrons. The van der Waals surface area contributed by atoms with Crippen molar-refractivity contribution < 1.29 is 0 Å². The normalized spacial score (nSPS) is 14.1. The van der Waals surface area contributed by atoms with Crippen LogP contribution in [-0.2, 0) is 7.05 Å². The molecular formula is C10H20N4. The fraction of sp³-hybridized carbons (Fsp3) is 0.700. The number of hydrogen-bond donors (Lipinski definition) is 2. The van der Waals surface area contributed by atoms with Gasteiger partial charge >= 0.3 is 0 Å². The Hall–Kier alpha value is -1.19. The van der Waals surface area contributed by atoms with Gasteiger partial charge in [0.1, 0.15) is 0 Å². The van der Waals surface area contributed by atoms with Crippen molar-refractivity contribution in [3.05, 3.63) is 6.20 Å². The zero-order valence-electron chi connectivity index (χ0n) is 9.63. The van der Waals surface area contributed by atoms with Crippen molar-refractivity contribution in [2.24, 2.45) is 12.5 Å². The van der Waals surface area contributed by atoms with Crippen molar-refractivity contribution in [1.29, 1.82) is 0 Å². The molecule has 4 heteroatoms. The standard InChI is InChI=1S/C10H20N4/c1-7(10(2,3)4)12-9-8(11)6-14(5)13-9/h6-7H,11H2,1-5H3,(H,12,13). The SMILES string of the molecule is CC(Nc1nn(C)cc1N)C(C)(C)C. The van der Waals surface area contributed by atoms with Crippen molar-refractivity contribution >= 4 is 11.5 Å². The Bertz CT molecular complexity index is 308. The molecule has 0 bridgehead atoms. The molecular weight excluding hydrogens is 176 g/mol. The van der Waals surface area contributed by atoms with E-state index in [1.54, 1.807) is 10.9 Å². The second kappa shape index (κ2) is 3.52. The summed E-state index contributed by atoms with van der Waals surface area (Å²) in [4.78, 5) is 0. The van der Waals surface area contributed by atoms with Crippen molar-refractivity contribution in [3.8, 4) is 0 Å². The van der Waals surface area contributed by atoms with Crippen LogP contribution in [0.3, 0.4) is 0 Å². The maximum Gasteiger partial charge on any atom is 0.171 e. The Balaban J connectivity index is 2.74. The van der Waals surface area contributed by atoms with Crippen molar-refractivity contribution in [2.45, 2.75) is 33.7 Å². The van der Waals surface area contributed by atoms with E-state index in [2.05, 4.69) is 38.1 Å². The minimum atomic E-state index is 0.198. The zero-order chi connectivity index (χ0) is 10.9. The second-order valence-corrected chi connectivity index (χ2v) is 4.84. The lowest BCUT2D eigenvalue weighted by molar-refractivity contribution is 0.358. The minimum absolute atomic E-state index is 0.198. The smallest absolute Gasteiger partial charge is 0.171 e. The van der Waals surface area contributed by atoms with E-state index in [-0.39, 0.29) is 5.41 Å². The number of nitrogens with two attached hydrogens (primary N) is 1. The molecule has 0 radical (unpaired) electrons. The molecule has 1 rings (SSSR count). The Labute approximate surface area is 85.5 Å². The van der Waals surface area contributed by atoms with E-state index in [9.17, 15) is 0 Å². The highest BCUT2D eigenvalue weighted by Crippen LogP contribution is 2.24. The first kappa shape index (κ1) is 10.9. The van der Waals surface area contributed by atoms with Gasteiger partial charge in [0, 0.05) is 19.3 Å². The highest BCUT2D eigenvalue weighted by atomic mass is 15.3. The molecule has 3 N–H and O–H groups in total. The van der Waals surface area contributed by atoms with Gasteiger partial charge in [0.25, 0.3) is 0 Å². The lowest BCUT2D eigenvalue weighted by Crippen LogP contribution is -2.31. The summed E-state index contributed by atoms with van der Waals surface area (Å²) in [6.45, 7) is 8.69. The fourth-order valence-electron chi connectivity index (χ4n) is 1.04. The molecule has 0 spiro atoms. The van der Waals surface area contributed by atoms with Crippen LogP contribution >= 0.6 is 0 Å². The van der Waals surface area contributed by atoms with Crippen LogP contribution < -0.4 is 11.1 Å². The number of rotatable bonds is 2. The predicted octanol–water partition coefficient (Wildman–Crippen LogP) is 1.85. The van der Waals surface area contributed by atoms with Crippen LogP contribution in [0.4, 0.5) is 11.5 Å². The Morgan fingerprint density at radius 3 is 2.43 bits per heavy atom. The summed E-state index contributed by atoms with van der Waals surface area (Å²) in [5.74, 6) is 0.773. The van der Waals surface area contributed by atoms with Crippen molar-refractivity contribution in [2.75, 3.05) is 11.1 Å². The molecule has 1 heterocycles. The number of aromatic nitrogens is 2. The van der Waals surface area contributed by atoms with Crippen LogP contribution in [-0.4, -0.2) is 15.8 Å². The van der Waals surface area contributed by atoms with Gasteiger partial charge in [0.05, 0.1) is 5.69 Å². The molecule has 0 fully saturated rings. The van der Waals surface area contributed by atoms with Gasteiger partial charge in [-0.15, -0.1) is 0 Å². The average Bonchev–Trinajstić information content (AvgIpc) is 2.28. The van der Waals surface area contributed by atoms with Crippen LogP contribution in [0, 0.1) is 5.41 Å². The predicted molar refractivity (Wildman–Crippen MR) is 60.2 cm³/mol. The molecule has 0 aliphatic heterocycles. The third kappa shape index (κ3) is 2.40.